The Kier molecular flexibility index (Phi) is 4.25. The first kappa shape index (κ1) is 19.0. The maximum Gasteiger partial charge on any atom is 0.318 e. The Labute approximate surface area is 171 Å². The quantitative estimate of drug-likeness (QED) is 0.527. The van der Waals surface area contributed by atoms with E-state index < -0.39 is 5.91 Å². The number of rotatable bonds is 2. The van der Waals surface area contributed by atoms with Crippen LogP contribution in [0, 0.1) is 23.2 Å². The minimum Gasteiger partial charge on any atom is -0.348 e. The van der Waals surface area contributed by atoms with Crippen molar-refractivity contribution in [1.29, 1.82) is 0 Å². The Morgan fingerprint density at radius 2 is 1.69 bits per heavy atom. The van der Waals surface area contributed by atoms with Crippen molar-refractivity contribution in [1.82, 2.24) is 20.3 Å². The SMILES string of the molecule is CC1(C)CN(C(=O)NC23CC4CC(CC(C4)C2)C3)Cc2cc(C(=O)NO)cn2C1. The minimum atomic E-state index is -0.520. The van der Waals surface area contributed by atoms with Crippen LogP contribution < -0.4 is 10.8 Å². The number of fused-ring (bicyclic) bond motifs is 1. The third-order valence-electron chi connectivity index (χ3n) is 7.62. The molecule has 3 N–H and O–H groups in total. The van der Waals surface area contributed by atoms with Gasteiger partial charge in [0, 0.05) is 35.9 Å². The Balaban J connectivity index is 1.37. The summed E-state index contributed by atoms with van der Waals surface area (Å²) < 4.78 is 2.04. The van der Waals surface area contributed by atoms with E-state index in [9.17, 15) is 9.59 Å². The summed E-state index contributed by atoms with van der Waals surface area (Å²) in [5, 5.41) is 12.4. The van der Waals surface area contributed by atoms with Crippen LogP contribution in [0.4, 0.5) is 4.79 Å². The first-order valence-corrected chi connectivity index (χ1v) is 10.9. The Bertz CT molecular complexity index is 808. The fraction of sp³-hybridized carbons (Fsp3) is 0.727. The molecule has 6 rings (SSSR count). The molecule has 0 unspecified atom stereocenters. The van der Waals surface area contributed by atoms with Crippen molar-refractivity contribution in [2.45, 2.75) is 71.0 Å². The molecule has 158 valence electrons. The maximum absolute atomic E-state index is 13.4. The van der Waals surface area contributed by atoms with Crippen LogP contribution in [0.2, 0.25) is 0 Å². The van der Waals surface area contributed by atoms with E-state index in [1.807, 2.05) is 9.47 Å². The number of hydroxylamine groups is 1. The molecule has 5 aliphatic rings. The molecule has 4 saturated carbocycles. The highest BCUT2D eigenvalue weighted by molar-refractivity contribution is 5.93. The first-order chi connectivity index (χ1) is 13.7. The average molecular weight is 401 g/mol. The molecular weight excluding hydrogens is 368 g/mol. The molecule has 1 aromatic rings. The molecule has 1 aliphatic heterocycles. The van der Waals surface area contributed by atoms with Crippen molar-refractivity contribution in [2.75, 3.05) is 6.54 Å². The van der Waals surface area contributed by atoms with Gasteiger partial charge < -0.3 is 14.8 Å². The molecule has 0 aromatic carbocycles. The molecule has 0 spiro atoms. The van der Waals surface area contributed by atoms with Gasteiger partial charge in [0.2, 0.25) is 0 Å². The zero-order valence-corrected chi connectivity index (χ0v) is 17.4. The van der Waals surface area contributed by atoms with Gasteiger partial charge in [-0.15, -0.1) is 0 Å². The second-order valence-electron chi connectivity index (χ2n) is 10.9. The van der Waals surface area contributed by atoms with E-state index in [1.54, 1.807) is 17.7 Å². The molecule has 1 aromatic heterocycles. The highest BCUT2D eigenvalue weighted by Crippen LogP contribution is 2.55. The molecule has 0 saturated heterocycles. The maximum atomic E-state index is 13.4. The number of nitrogens with one attached hydrogen (secondary N) is 2. The van der Waals surface area contributed by atoms with Gasteiger partial charge in [0.25, 0.3) is 5.91 Å². The first-order valence-electron chi connectivity index (χ1n) is 10.9. The van der Waals surface area contributed by atoms with Crippen LogP contribution in [0.5, 0.6) is 0 Å². The lowest BCUT2D eigenvalue weighted by atomic mass is 9.53. The van der Waals surface area contributed by atoms with Gasteiger partial charge in [-0.05, 0) is 62.3 Å². The van der Waals surface area contributed by atoms with E-state index in [4.69, 9.17) is 5.21 Å². The number of nitrogens with zero attached hydrogens (tertiary/aromatic N) is 2. The second kappa shape index (κ2) is 6.49. The predicted octanol–water partition coefficient (Wildman–Crippen LogP) is 3.13. The van der Waals surface area contributed by atoms with E-state index in [2.05, 4.69) is 19.2 Å². The fourth-order valence-corrected chi connectivity index (χ4v) is 7.02. The summed E-state index contributed by atoms with van der Waals surface area (Å²) in [5.74, 6) is 1.85. The van der Waals surface area contributed by atoms with Crippen LogP contribution in [0.25, 0.3) is 0 Å². The molecule has 4 bridgehead atoms. The monoisotopic (exact) mass is 400 g/mol. The summed E-state index contributed by atoms with van der Waals surface area (Å²) in [7, 11) is 0. The molecule has 0 atom stereocenters. The van der Waals surface area contributed by atoms with Gasteiger partial charge in [0.05, 0.1) is 12.1 Å². The van der Waals surface area contributed by atoms with Gasteiger partial charge in [0.15, 0.2) is 0 Å². The topological polar surface area (TPSA) is 86.6 Å². The van der Waals surface area contributed by atoms with Crippen molar-refractivity contribution in [2.24, 2.45) is 23.2 Å². The smallest absolute Gasteiger partial charge is 0.318 e. The van der Waals surface area contributed by atoms with E-state index in [0.717, 1.165) is 49.3 Å². The summed E-state index contributed by atoms with van der Waals surface area (Å²) in [6.07, 6.45) is 9.25. The van der Waals surface area contributed by atoms with E-state index in [0.29, 0.717) is 18.7 Å². The summed E-state index contributed by atoms with van der Waals surface area (Å²) in [4.78, 5) is 27.2. The van der Waals surface area contributed by atoms with E-state index >= 15 is 0 Å². The normalized spacial score (nSPS) is 34.4. The lowest BCUT2D eigenvalue weighted by Gasteiger charge is -2.57. The van der Waals surface area contributed by atoms with Gasteiger partial charge in [-0.1, -0.05) is 13.8 Å². The Morgan fingerprint density at radius 1 is 1.07 bits per heavy atom. The van der Waals surface area contributed by atoms with Gasteiger partial charge in [-0.3, -0.25) is 10.0 Å². The van der Waals surface area contributed by atoms with Crippen LogP contribution in [0.1, 0.15) is 68.4 Å². The largest absolute Gasteiger partial charge is 0.348 e. The Morgan fingerprint density at radius 3 is 2.28 bits per heavy atom. The number of aromatic nitrogens is 1. The number of hydrogen-bond donors (Lipinski definition) is 3. The summed E-state index contributed by atoms with van der Waals surface area (Å²) >= 11 is 0. The zero-order valence-electron chi connectivity index (χ0n) is 17.4. The van der Waals surface area contributed by atoms with Crippen LogP contribution >= 0.6 is 0 Å². The lowest BCUT2D eigenvalue weighted by molar-refractivity contribution is -0.0163. The molecule has 4 aliphatic carbocycles. The summed E-state index contributed by atoms with van der Waals surface area (Å²) in [6.45, 7) is 6.18. The standard InChI is InChI=1S/C22H32N4O3/c1-21(2)12-25-10-17(19(27)24-29)6-18(25)11-26(13-21)20(28)23-22-7-14-3-15(8-22)5-16(4-14)9-22/h6,10,14-16,29H,3-5,7-9,11-13H2,1-2H3,(H,23,28)(H,24,27). The van der Waals surface area contributed by atoms with Gasteiger partial charge in [-0.2, -0.15) is 0 Å². The van der Waals surface area contributed by atoms with Crippen molar-refractivity contribution < 1.29 is 14.8 Å². The summed E-state index contributed by atoms with van der Waals surface area (Å²) in [6, 6.07) is 1.81. The van der Waals surface area contributed by atoms with Gasteiger partial charge in [0.1, 0.15) is 0 Å². The number of carbonyl (C=O) groups is 2. The molecule has 4 fully saturated rings. The number of urea groups is 1. The highest BCUT2D eigenvalue weighted by atomic mass is 16.5. The fourth-order valence-electron chi connectivity index (χ4n) is 7.02. The predicted molar refractivity (Wildman–Crippen MR) is 107 cm³/mol. The molecule has 29 heavy (non-hydrogen) atoms. The molecule has 0 radical (unpaired) electrons. The molecule has 7 nitrogen and oxygen atoms in total. The lowest BCUT2D eigenvalue weighted by Crippen LogP contribution is -2.62. The number of amides is 3. The number of hydrogen-bond acceptors (Lipinski definition) is 3. The Hall–Kier alpha value is -2.02. The van der Waals surface area contributed by atoms with E-state index in [-0.39, 0.29) is 17.0 Å². The molecular formula is C22H32N4O3. The third kappa shape index (κ3) is 3.43. The minimum absolute atomic E-state index is 0.00773. The van der Waals surface area contributed by atoms with Crippen molar-refractivity contribution in [3.8, 4) is 0 Å². The van der Waals surface area contributed by atoms with Crippen molar-refractivity contribution in [3.63, 3.8) is 0 Å². The molecule has 3 amide bonds. The van der Waals surface area contributed by atoms with Crippen molar-refractivity contribution in [3.05, 3.63) is 23.5 Å². The van der Waals surface area contributed by atoms with E-state index in [1.165, 1.54) is 19.3 Å². The van der Waals surface area contributed by atoms with Gasteiger partial charge in [-0.25, -0.2) is 10.3 Å². The summed E-state index contributed by atoms with van der Waals surface area (Å²) in [5.41, 5.74) is 2.92. The van der Waals surface area contributed by atoms with Crippen molar-refractivity contribution >= 4 is 11.9 Å². The third-order valence-corrected chi connectivity index (χ3v) is 7.62. The average Bonchev–Trinajstić information content (AvgIpc) is 2.94. The zero-order chi connectivity index (χ0) is 20.4. The van der Waals surface area contributed by atoms with Crippen LogP contribution in [-0.4, -0.2) is 38.7 Å². The molecule has 7 heteroatoms. The highest BCUT2D eigenvalue weighted by Gasteiger charge is 2.52. The molecule has 2 heterocycles. The van der Waals surface area contributed by atoms with Gasteiger partial charge >= 0.3 is 6.03 Å². The van der Waals surface area contributed by atoms with Crippen LogP contribution in [-0.2, 0) is 13.1 Å². The van der Waals surface area contributed by atoms with Crippen LogP contribution in [0.3, 0.4) is 0 Å². The van der Waals surface area contributed by atoms with Crippen LogP contribution in [0.15, 0.2) is 12.3 Å². The number of carbonyl (C=O) groups excluding carboxylic acids is 2. The second-order valence-corrected chi connectivity index (χ2v) is 10.9.